The second-order valence-electron chi connectivity index (χ2n) is 3.05. The summed E-state index contributed by atoms with van der Waals surface area (Å²) in [5.41, 5.74) is -3.42. The fourth-order valence-corrected chi connectivity index (χ4v) is 1.01. The van der Waals surface area contributed by atoms with Gasteiger partial charge in [-0.1, -0.05) is 12.1 Å². The highest BCUT2D eigenvalue weighted by atomic mass is 19.3. The molecule has 78 valence electrons. The summed E-state index contributed by atoms with van der Waals surface area (Å²) in [5.74, 6) is -2.71. The number of benzene rings is 1. The van der Waals surface area contributed by atoms with Crippen molar-refractivity contribution in [1.82, 2.24) is 0 Å². The van der Waals surface area contributed by atoms with Crippen molar-refractivity contribution in [2.24, 2.45) is 0 Å². The molecule has 0 bridgehead atoms. The number of aliphatic hydroxyl groups is 1. The lowest BCUT2D eigenvalue weighted by atomic mass is 9.96. The third kappa shape index (κ3) is 1.72. The molecule has 0 spiro atoms. The van der Waals surface area contributed by atoms with Crippen LogP contribution in [-0.4, -0.2) is 11.5 Å². The van der Waals surface area contributed by atoms with Gasteiger partial charge in [-0.2, -0.15) is 0 Å². The van der Waals surface area contributed by atoms with Crippen LogP contribution in [0.25, 0.3) is 0 Å². The third-order valence-electron chi connectivity index (χ3n) is 1.92. The normalized spacial score (nSPS) is 15.6. The smallest absolute Gasteiger partial charge is 0.270 e. The highest BCUT2D eigenvalue weighted by Gasteiger charge is 2.37. The molecule has 0 amide bonds. The molecule has 0 aliphatic heterocycles. The Morgan fingerprint density at radius 2 is 1.86 bits per heavy atom. The molecule has 0 aromatic heterocycles. The summed E-state index contributed by atoms with van der Waals surface area (Å²) in [4.78, 5) is 0. The van der Waals surface area contributed by atoms with Crippen LogP contribution < -0.4 is 0 Å². The van der Waals surface area contributed by atoms with Gasteiger partial charge < -0.3 is 5.11 Å². The van der Waals surface area contributed by atoms with Crippen molar-refractivity contribution in [3.05, 3.63) is 35.4 Å². The Bertz CT molecular complexity index is 336. The number of hydrogen-bond acceptors (Lipinski definition) is 1. The molecule has 5 heteroatoms. The van der Waals surface area contributed by atoms with Gasteiger partial charge in [0.15, 0.2) is 17.2 Å². The van der Waals surface area contributed by atoms with E-state index in [0.29, 0.717) is 0 Å². The second-order valence-corrected chi connectivity index (χ2v) is 3.05. The van der Waals surface area contributed by atoms with E-state index < -0.39 is 29.2 Å². The summed E-state index contributed by atoms with van der Waals surface area (Å²) in [6, 6.07) is 2.77. The maximum atomic E-state index is 13.0. The van der Waals surface area contributed by atoms with Crippen LogP contribution in [0.4, 0.5) is 17.6 Å². The van der Waals surface area contributed by atoms with E-state index in [1.807, 2.05) is 0 Å². The van der Waals surface area contributed by atoms with E-state index in [0.717, 1.165) is 25.1 Å². The zero-order valence-corrected chi connectivity index (χ0v) is 7.27. The van der Waals surface area contributed by atoms with Gasteiger partial charge in [0, 0.05) is 5.56 Å². The first-order valence-corrected chi connectivity index (χ1v) is 3.82. The standard InChI is InChI=1S/C9H8F4O/c1-9(14,8(12)13)5-3-2-4-6(10)7(5)11/h2-4,8,14H,1H3. The van der Waals surface area contributed by atoms with Crippen molar-refractivity contribution >= 4 is 0 Å². The number of rotatable bonds is 2. The minimum Gasteiger partial charge on any atom is -0.379 e. The lowest BCUT2D eigenvalue weighted by Crippen LogP contribution is -2.31. The lowest BCUT2D eigenvalue weighted by molar-refractivity contribution is -0.0905. The van der Waals surface area contributed by atoms with Crippen LogP contribution in [0.1, 0.15) is 12.5 Å². The lowest BCUT2D eigenvalue weighted by Gasteiger charge is -2.23. The van der Waals surface area contributed by atoms with Gasteiger partial charge in [-0.15, -0.1) is 0 Å². The van der Waals surface area contributed by atoms with Crippen LogP contribution in [0, 0.1) is 11.6 Å². The maximum Gasteiger partial charge on any atom is 0.270 e. The van der Waals surface area contributed by atoms with Gasteiger partial charge in [-0.05, 0) is 13.0 Å². The Morgan fingerprint density at radius 1 is 1.29 bits per heavy atom. The van der Waals surface area contributed by atoms with Gasteiger partial charge >= 0.3 is 0 Å². The van der Waals surface area contributed by atoms with Crippen molar-refractivity contribution in [1.29, 1.82) is 0 Å². The minimum absolute atomic E-state index is 0.732. The highest BCUT2D eigenvalue weighted by molar-refractivity contribution is 5.25. The van der Waals surface area contributed by atoms with Crippen LogP contribution in [0.5, 0.6) is 0 Å². The van der Waals surface area contributed by atoms with Gasteiger partial charge in [-0.3, -0.25) is 0 Å². The SMILES string of the molecule is CC(O)(c1cccc(F)c1F)C(F)F. The van der Waals surface area contributed by atoms with E-state index in [1.165, 1.54) is 0 Å². The van der Waals surface area contributed by atoms with Gasteiger partial charge in [-0.25, -0.2) is 17.6 Å². The predicted molar refractivity (Wildman–Crippen MR) is 41.9 cm³/mol. The molecular weight excluding hydrogens is 200 g/mol. The Labute approximate surface area is 78.0 Å². The monoisotopic (exact) mass is 208 g/mol. The van der Waals surface area contributed by atoms with Gasteiger partial charge in [0.25, 0.3) is 6.43 Å². The van der Waals surface area contributed by atoms with Crippen LogP contribution in [0.2, 0.25) is 0 Å². The molecule has 0 aliphatic rings. The van der Waals surface area contributed by atoms with Crippen molar-refractivity contribution in [3.63, 3.8) is 0 Å². The first-order valence-electron chi connectivity index (χ1n) is 3.82. The average Bonchev–Trinajstić information content (AvgIpc) is 2.09. The first kappa shape index (κ1) is 11.0. The van der Waals surface area contributed by atoms with Crippen molar-refractivity contribution in [3.8, 4) is 0 Å². The average molecular weight is 208 g/mol. The predicted octanol–water partition coefficient (Wildman–Crippen LogP) is 2.44. The Morgan fingerprint density at radius 3 is 2.36 bits per heavy atom. The molecule has 1 aromatic carbocycles. The molecular formula is C9H8F4O. The topological polar surface area (TPSA) is 20.2 Å². The van der Waals surface area contributed by atoms with Gasteiger partial charge in [0.1, 0.15) is 0 Å². The van der Waals surface area contributed by atoms with Crippen molar-refractivity contribution in [2.75, 3.05) is 0 Å². The molecule has 0 saturated carbocycles. The number of hydrogen-bond donors (Lipinski definition) is 1. The largest absolute Gasteiger partial charge is 0.379 e. The molecule has 1 unspecified atom stereocenters. The Hall–Kier alpha value is -1.10. The fraction of sp³-hybridized carbons (Fsp3) is 0.333. The van der Waals surface area contributed by atoms with E-state index in [2.05, 4.69) is 0 Å². The zero-order valence-electron chi connectivity index (χ0n) is 7.27. The number of halogens is 4. The molecule has 0 heterocycles. The molecule has 0 aliphatic carbocycles. The molecule has 0 radical (unpaired) electrons. The summed E-state index contributed by atoms with van der Waals surface area (Å²) in [6.07, 6.45) is -3.18. The summed E-state index contributed by atoms with van der Waals surface area (Å²) < 4.78 is 50.2. The highest BCUT2D eigenvalue weighted by Crippen LogP contribution is 2.30. The van der Waals surface area contributed by atoms with E-state index in [-0.39, 0.29) is 0 Å². The van der Waals surface area contributed by atoms with E-state index in [1.54, 1.807) is 0 Å². The molecule has 1 rings (SSSR count). The second kappa shape index (κ2) is 3.57. The molecule has 0 fully saturated rings. The molecule has 1 atom stereocenters. The zero-order chi connectivity index (χ0) is 10.9. The van der Waals surface area contributed by atoms with Crippen molar-refractivity contribution < 1.29 is 22.7 Å². The summed E-state index contributed by atoms with van der Waals surface area (Å²) in [7, 11) is 0. The van der Waals surface area contributed by atoms with E-state index in [4.69, 9.17) is 0 Å². The van der Waals surface area contributed by atoms with E-state index in [9.17, 15) is 22.7 Å². The quantitative estimate of drug-likeness (QED) is 0.740. The first-order chi connectivity index (χ1) is 6.37. The van der Waals surface area contributed by atoms with Crippen LogP contribution in [-0.2, 0) is 5.60 Å². The molecule has 1 N–H and O–H groups in total. The molecule has 14 heavy (non-hydrogen) atoms. The fourth-order valence-electron chi connectivity index (χ4n) is 1.01. The van der Waals surface area contributed by atoms with Gasteiger partial charge in [0.05, 0.1) is 0 Å². The summed E-state index contributed by atoms with van der Waals surface area (Å²) in [6.45, 7) is 0.732. The number of alkyl halides is 2. The third-order valence-corrected chi connectivity index (χ3v) is 1.92. The molecule has 1 nitrogen and oxygen atoms in total. The maximum absolute atomic E-state index is 13.0. The van der Waals surface area contributed by atoms with Gasteiger partial charge in [0.2, 0.25) is 0 Å². The van der Waals surface area contributed by atoms with Crippen molar-refractivity contribution in [2.45, 2.75) is 19.0 Å². The Balaban J connectivity index is 3.26. The van der Waals surface area contributed by atoms with Crippen LogP contribution in [0.15, 0.2) is 18.2 Å². The summed E-state index contributed by atoms with van der Waals surface area (Å²) >= 11 is 0. The van der Waals surface area contributed by atoms with E-state index >= 15 is 0 Å². The summed E-state index contributed by atoms with van der Waals surface area (Å²) in [5, 5.41) is 9.21. The minimum atomic E-state index is -3.18. The Kier molecular flexibility index (Phi) is 2.80. The molecule has 0 saturated heterocycles. The van der Waals surface area contributed by atoms with Crippen LogP contribution >= 0.6 is 0 Å². The molecule has 1 aromatic rings. The van der Waals surface area contributed by atoms with Crippen LogP contribution in [0.3, 0.4) is 0 Å².